The fourth-order valence-corrected chi connectivity index (χ4v) is 1.52. The molecule has 0 N–H and O–H groups in total. The standard InChI is InChI=1S/C13H17NO3/c1-4-14(5-2)13(16)12(15)10-6-8-11(17-3)9-7-10/h6-9H,4-5H2,1-3H3. The Bertz CT molecular complexity index is 394. The van der Waals surface area contributed by atoms with Gasteiger partial charge in [0.1, 0.15) is 5.75 Å². The van der Waals surface area contributed by atoms with Gasteiger partial charge in [-0.1, -0.05) is 0 Å². The first-order chi connectivity index (χ1) is 8.13. The normalized spacial score (nSPS) is 9.82. The summed E-state index contributed by atoms with van der Waals surface area (Å²) in [6.45, 7) is 4.78. The van der Waals surface area contributed by atoms with Gasteiger partial charge in [-0.2, -0.15) is 0 Å². The molecule has 0 spiro atoms. The first kappa shape index (κ1) is 13.2. The van der Waals surface area contributed by atoms with Gasteiger partial charge < -0.3 is 9.64 Å². The van der Waals surface area contributed by atoms with Crippen LogP contribution in [0.1, 0.15) is 24.2 Å². The molecule has 1 aromatic rings. The minimum absolute atomic E-state index is 0.391. The number of rotatable bonds is 5. The summed E-state index contributed by atoms with van der Waals surface area (Å²) in [5.74, 6) is -0.270. The van der Waals surface area contributed by atoms with Crippen molar-refractivity contribution in [2.24, 2.45) is 0 Å². The molecule has 1 rings (SSSR count). The van der Waals surface area contributed by atoms with E-state index < -0.39 is 11.7 Å². The number of nitrogens with zero attached hydrogens (tertiary/aromatic N) is 1. The number of hydrogen-bond donors (Lipinski definition) is 0. The highest BCUT2D eigenvalue weighted by atomic mass is 16.5. The molecule has 0 radical (unpaired) electrons. The molecule has 4 heteroatoms. The lowest BCUT2D eigenvalue weighted by molar-refractivity contribution is -0.126. The number of methoxy groups -OCH3 is 1. The minimum atomic E-state index is -0.476. The highest BCUT2D eigenvalue weighted by molar-refractivity contribution is 6.42. The molecule has 92 valence electrons. The van der Waals surface area contributed by atoms with Gasteiger partial charge in [-0.15, -0.1) is 0 Å². The summed E-state index contributed by atoms with van der Waals surface area (Å²) in [6, 6.07) is 6.54. The van der Waals surface area contributed by atoms with Crippen LogP contribution in [0.5, 0.6) is 5.75 Å². The predicted molar refractivity (Wildman–Crippen MR) is 65.3 cm³/mol. The van der Waals surface area contributed by atoms with Gasteiger partial charge in [-0.05, 0) is 38.1 Å². The topological polar surface area (TPSA) is 46.6 Å². The summed E-state index contributed by atoms with van der Waals surface area (Å²) < 4.78 is 4.99. The van der Waals surface area contributed by atoms with Crippen LogP contribution in [0.2, 0.25) is 0 Å². The zero-order chi connectivity index (χ0) is 12.8. The van der Waals surface area contributed by atoms with Gasteiger partial charge in [0.25, 0.3) is 5.91 Å². The van der Waals surface area contributed by atoms with Gasteiger partial charge in [-0.3, -0.25) is 9.59 Å². The van der Waals surface area contributed by atoms with Gasteiger partial charge in [0.05, 0.1) is 7.11 Å². The van der Waals surface area contributed by atoms with Gasteiger partial charge in [0.2, 0.25) is 5.78 Å². The number of hydrogen-bond acceptors (Lipinski definition) is 3. The van der Waals surface area contributed by atoms with Crippen LogP contribution in [-0.2, 0) is 4.79 Å². The Morgan fingerprint density at radius 3 is 2.06 bits per heavy atom. The van der Waals surface area contributed by atoms with Crippen molar-refractivity contribution in [2.75, 3.05) is 20.2 Å². The van der Waals surface area contributed by atoms with E-state index in [0.29, 0.717) is 24.4 Å². The van der Waals surface area contributed by atoms with E-state index in [-0.39, 0.29) is 0 Å². The summed E-state index contributed by atoms with van der Waals surface area (Å²) in [7, 11) is 1.55. The SMILES string of the molecule is CCN(CC)C(=O)C(=O)c1ccc(OC)cc1. The molecule has 0 aliphatic heterocycles. The number of ether oxygens (including phenoxy) is 1. The molecular formula is C13H17NO3. The van der Waals surface area contributed by atoms with Crippen molar-refractivity contribution in [3.05, 3.63) is 29.8 Å². The third kappa shape index (κ3) is 3.06. The number of amides is 1. The maximum absolute atomic E-state index is 11.9. The molecule has 0 aromatic heterocycles. The summed E-state index contributed by atoms with van der Waals surface area (Å²) in [5.41, 5.74) is 0.391. The second kappa shape index (κ2) is 6.03. The van der Waals surface area contributed by atoms with Crippen LogP contribution >= 0.6 is 0 Å². The third-order valence-corrected chi connectivity index (χ3v) is 2.60. The Morgan fingerprint density at radius 2 is 1.65 bits per heavy atom. The fourth-order valence-electron chi connectivity index (χ4n) is 1.52. The lowest BCUT2D eigenvalue weighted by atomic mass is 10.1. The number of Topliss-reactive ketones (excluding diaryl/α,β-unsaturated/α-hetero) is 1. The molecule has 4 nitrogen and oxygen atoms in total. The van der Waals surface area contributed by atoms with Crippen molar-refractivity contribution >= 4 is 11.7 Å². The molecule has 0 aliphatic carbocycles. The van der Waals surface area contributed by atoms with E-state index in [2.05, 4.69) is 0 Å². The smallest absolute Gasteiger partial charge is 0.294 e. The maximum Gasteiger partial charge on any atom is 0.294 e. The highest BCUT2D eigenvalue weighted by Crippen LogP contribution is 2.12. The second-order valence-electron chi connectivity index (χ2n) is 3.54. The molecular weight excluding hydrogens is 218 g/mol. The predicted octanol–water partition coefficient (Wildman–Crippen LogP) is 1.75. The van der Waals surface area contributed by atoms with Gasteiger partial charge in [0, 0.05) is 18.7 Å². The Kier molecular flexibility index (Phi) is 4.69. The van der Waals surface area contributed by atoms with Crippen LogP contribution in [0.3, 0.4) is 0 Å². The van der Waals surface area contributed by atoms with Crippen molar-refractivity contribution < 1.29 is 14.3 Å². The molecule has 0 saturated heterocycles. The molecule has 0 bridgehead atoms. The van der Waals surface area contributed by atoms with Crippen LogP contribution in [0, 0.1) is 0 Å². The van der Waals surface area contributed by atoms with Crippen LogP contribution in [0.4, 0.5) is 0 Å². The molecule has 1 aromatic carbocycles. The Balaban J connectivity index is 2.84. The first-order valence-corrected chi connectivity index (χ1v) is 5.61. The Hall–Kier alpha value is -1.84. The zero-order valence-corrected chi connectivity index (χ0v) is 10.4. The molecule has 0 saturated carbocycles. The van der Waals surface area contributed by atoms with E-state index in [1.165, 1.54) is 4.90 Å². The second-order valence-corrected chi connectivity index (χ2v) is 3.54. The molecule has 0 unspecified atom stereocenters. The number of carbonyl (C=O) groups is 2. The molecule has 1 amide bonds. The number of likely N-dealkylation sites (N-methyl/N-ethyl adjacent to an activating group) is 1. The van der Waals surface area contributed by atoms with E-state index in [1.54, 1.807) is 31.4 Å². The lowest BCUT2D eigenvalue weighted by Gasteiger charge is -2.17. The van der Waals surface area contributed by atoms with E-state index in [4.69, 9.17) is 4.74 Å². The fraction of sp³-hybridized carbons (Fsp3) is 0.385. The van der Waals surface area contributed by atoms with Crippen molar-refractivity contribution in [3.63, 3.8) is 0 Å². The third-order valence-electron chi connectivity index (χ3n) is 2.60. The summed E-state index contributed by atoms with van der Waals surface area (Å²) in [4.78, 5) is 25.2. The quantitative estimate of drug-likeness (QED) is 0.577. The van der Waals surface area contributed by atoms with Crippen LogP contribution < -0.4 is 4.74 Å². The summed E-state index contributed by atoms with van der Waals surface area (Å²) >= 11 is 0. The lowest BCUT2D eigenvalue weighted by Crippen LogP contribution is -2.36. The Labute approximate surface area is 101 Å². The Morgan fingerprint density at radius 1 is 1.12 bits per heavy atom. The average molecular weight is 235 g/mol. The number of ketones is 1. The van der Waals surface area contributed by atoms with E-state index in [0.717, 1.165) is 0 Å². The molecule has 17 heavy (non-hydrogen) atoms. The largest absolute Gasteiger partial charge is 0.497 e. The minimum Gasteiger partial charge on any atom is -0.497 e. The average Bonchev–Trinajstić information content (AvgIpc) is 2.39. The summed E-state index contributed by atoms with van der Waals surface area (Å²) in [5, 5.41) is 0. The molecule has 0 fully saturated rings. The van der Waals surface area contributed by atoms with Crippen LogP contribution in [0.25, 0.3) is 0 Å². The van der Waals surface area contributed by atoms with Crippen molar-refractivity contribution in [1.82, 2.24) is 4.90 Å². The van der Waals surface area contributed by atoms with Crippen molar-refractivity contribution in [3.8, 4) is 5.75 Å². The number of benzene rings is 1. The van der Waals surface area contributed by atoms with Crippen molar-refractivity contribution in [2.45, 2.75) is 13.8 Å². The van der Waals surface area contributed by atoms with E-state index in [9.17, 15) is 9.59 Å². The maximum atomic E-state index is 11.9. The zero-order valence-electron chi connectivity index (χ0n) is 10.4. The summed E-state index contributed by atoms with van der Waals surface area (Å²) in [6.07, 6.45) is 0. The van der Waals surface area contributed by atoms with Crippen LogP contribution in [-0.4, -0.2) is 36.8 Å². The van der Waals surface area contributed by atoms with Crippen molar-refractivity contribution in [1.29, 1.82) is 0 Å². The number of carbonyl (C=O) groups excluding carboxylic acids is 2. The van der Waals surface area contributed by atoms with E-state index >= 15 is 0 Å². The highest BCUT2D eigenvalue weighted by Gasteiger charge is 2.20. The molecule has 0 heterocycles. The van der Waals surface area contributed by atoms with Crippen LogP contribution in [0.15, 0.2) is 24.3 Å². The van der Waals surface area contributed by atoms with Gasteiger partial charge >= 0.3 is 0 Å². The van der Waals surface area contributed by atoms with Gasteiger partial charge in [-0.25, -0.2) is 0 Å². The van der Waals surface area contributed by atoms with Gasteiger partial charge in [0.15, 0.2) is 0 Å². The monoisotopic (exact) mass is 235 g/mol. The van der Waals surface area contributed by atoms with E-state index in [1.807, 2.05) is 13.8 Å². The molecule has 0 atom stereocenters. The first-order valence-electron chi connectivity index (χ1n) is 5.61. The molecule has 0 aliphatic rings.